The Hall–Kier alpha value is -1.35. The maximum absolute atomic E-state index is 12.9. The molecule has 1 aromatic rings. The van der Waals surface area contributed by atoms with Crippen molar-refractivity contribution in [3.05, 3.63) is 29.8 Å². The summed E-state index contributed by atoms with van der Waals surface area (Å²) in [7, 11) is -3.50. The summed E-state index contributed by atoms with van der Waals surface area (Å²) >= 11 is 0. The molecule has 114 valence electrons. The molecule has 0 aromatic heterocycles. The van der Waals surface area contributed by atoms with Crippen LogP contribution in [0.4, 0.5) is 0 Å². The normalized spacial score (nSPS) is 19.2. The van der Waals surface area contributed by atoms with Gasteiger partial charge in [-0.25, -0.2) is 8.42 Å². The Bertz CT molecular complexity index is 643. The van der Waals surface area contributed by atoms with Crippen LogP contribution in [0.15, 0.2) is 29.2 Å². The van der Waals surface area contributed by atoms with E-state index in [9.17, 15) is 8.42 Å². The molecule has 1 fully saturated rings. The van der Waals surface area contributed by atoms with Gasteiger partial charge in [0.05, 0.1) is 11.5 Å². The Morgan fingerprint density at radius 1 is 1.38 bits per heavy atom. The highest BCUT2D eigenvalue weighted by molar-refractivity contribution is 7.89. The zero-order chi connectivity index (χ0) is 15.3. The van der Waals surface area contributed by atoms with E-state index in [4.69, 9.17) is 5.11 Å². The molecule has 1 aromatic carbocycles. The van der Waals surface area contributed by atoms with Gasteiger partial charge in [-0.3, -0.25) is 0 Å². The van der Waals surface area contributed by atoms with Crippen LogP contribution in [0.25, 0.3) is 0 Å². The molecule has 0 saturated carbocycles. The van der Waals surface area contributed by atoms with E-state index in [0.29, 0.717) is 18.5 Å². The molecule has 1 atom stereocenters. The van der Waals surface area contributed by atoms with Crippen LogP contribution in [-0.2, 0) is 10.0 Å². The molecular weight excluding hydrogens is 286 g/mol. The molecule has 5 heteroatoms. The molecule has 4 nitrogen and oxygen atoms in total. The lowest BCUT2D eigenvalue weighted by molar-refractivity contribution is 0.305. The summed E-state index contributed by atoms with van der Waals surface area (Å²) in [6.45, 7) is 2.58. The van der Waals surface area contributed by atoms with Crippen molar-refractivity contribution in [1.82, 2.24) is 4.31 Å². The van der Waals surface area contributed by atoms with Crippen molar-refractivity contribution in [3.8, 4) is 11.8 Å². The monoisotopic (exact) mass is 307 g/mol. The average molecular weight is 307 g/mol. The first kappa shape index (κ1) is 16.0. The Morgan fingerprint density at radius 2 is 2.14 bits per heavy atom. The molecule has 0 radical (unpaired) electrons. The number of rotatable bonds is 4. The standard InChI is InChI=1S/C16H21NO3S/c1-2-15-10-7-12-17(15)21(19,20)16-11-4-3-8-14(16)9-5-6-13-18/h3-4,8,11,15,18H,2,6-7,10,12-13H2,1H3. The maximum atomic E-state index is 12.9. The number of benzene rings is 1. The lowest BCUT2D eigenvalue weighted by atomic mass is 10.2. The number of hydrogen-bond acceptors (Lipinski definition) is 3. The Morgan fingerprint density at radius 3 is 2.86 bits per heavy atom. The van der Waals surface area contributed by atoms with Gasteiger partial charge < -0.3 is 5.11 Å². The summed E-state index contributed by atoms with van der Waals surface area (Å²) in [6.07, 6.45) is 3.01. The lowest BCUT2D eigenvalue weighted by Gasteiger charge is -2.23. The molecule has 1 aliphatic rings. The van der Waals surface area contributed by atoms with Crippen molar-refractivity contribution in [2.24, 2.45) is 0 Å². The van der Waals surface area contributed by atoms with Crippen molar-refractivity contribution in [3.63, 3.8) is 0 Å². The third kappa shape index (κ3) is 3.46. The fourth-order valence-corrected chi connectivity index (χ4v) is 4.58. The number of hydrogen-bond donors (Lipinski definition) is 1. The average Bonchev–Trinajstić information content (AvgIpc) is 2.97. The van der Waals surface area contributed by atoms with Gasteiger partial charge in [0.15, 0.2) is 0 Å². The van der Waals surface area contributed by atoms with Gasteiger partial charge in [-0.05, 0) is 31.4 Å². The van der Waals surface area contributed by atoms with E-state index in [1.807, 2.05) is 6.92 Å². The van der Waals surface area contributed by atoms with Crippen molar-refractivity contribution < 1.29 is 13.5 Å². The Labute approximate surface area is 126 Å². The van der Waals surface area contributed by atoms with Crippen molar-refractivity contribution >= 4 is 10.0 Å². The third-order valence-electron chi connectivity index (χ3n) is 3.73. The number of aliphatic hydroxyl groups excluding tert-OH is 1. The van der Waals surface area contributed by atoms with Crippen LogP contribution in [0.1, 0.15) is 38.2 Å². The van der Waals surface area contributed by atoms with Crippen LogP contribution in [0.2, 0.25) is 0 Å². The van der Waals surface area contributed by atoms with E-state index in [-0.39, 0.29) is 17.5 Å². The summed E-state index contributed by atoms with van der Waals surface area (Å²) in [5.74, 6) is 5.66. The predicted octanol–water partition coefficient (Wildman–Crippen LogP) is 1.98. The highest BCUT2D eigenvalue weighted by Crippen LogP contribution is 2.29. The SMILES string of the molecule is CCC1CCCN1S(=O)(=O)c1ccccc1C#CCCO. The first-order chi connectivity index (χ1) is 10.1. The minimum Gasteiger partial charge on any atom is -0.395 e. The van der Waals surface area contributed by atoms with Crippen LogP contribution >= 0.6 is 0 Å². The summed E-state index contributed by atoms with van der Waals surface area (Å²) in [6, 6.07) is 6.93. The van der Waals surface area contributed by atoms with Crippen LogP contribution in [0, 0.1) is 11.8 Å². The van der Waals surface area contributed by atoms with E-state index in [1.54, 1.807) is 28.6 Å². The van der Waals surface area contributed by atoms with E-state index < -0.39 is 10.0 Å². The van der Waals surface area contributed by atoms with Gasteiger partial charge in [-0.15, -0.1) is 0 Å². The molecule has 21 heavy (non-hydrogen) atoms. The topological polar surface area (TPSA) is 57.6 Å². The molecule has 0 aliphatic carbocycles. The van der Waals surface area contributed by atoms with Crippen molar-refractivity contribution in [2.75, 3.05) is 13.2 Å². The fraction of sp³-hybridized carbons (Fsp3) is 0.500. The zero-order valence-corrected chi connectivity index (χ0v) is 13.1. The molecule has 1 heterocycles. The zero-order valence-electron chi connectivity index (χ0n) is 12.2. The van der Waals surface area contributed by atoms with Crippen molar-refractivity contribution in [2.45, 2.75) is 43.5 Å². The summed E-state index contributed by atoms with van der Waals surface area (Å²) in [5, 5.41) is 8.78. The first-order valence-electron chi connectivity index (χ1n) is 7.32. The van der Waals surface area contributed by atoms with E-state index in [2.05, 4.69) is 11.8 Å². The van der Waals surface area contributed by atoms with Gasteiger partial charge in [0, 0.05) is 24.6 Å². The van der Waals surface area contributed by atoms with Crippen LogP contribution in [0.5, 0.6) is 0 Å². The van der Waals surface area contributed by atoms with Gasteiger partial charge in [-0.1, -0.05) is 30.9 Å². The molecule has 1 N–H and O–H groups in total. The minimum atomic E-state index is -3.50. The number of nitrogens with zero attached hydrogens (tertiary/aromatic N) is 1. The van der Waals surface area contributed by atoms with E-state index in [0.717, 1.165) is 19.3 Å². The highest BCUT2D eigenvalue weighted by Gasteiger charge is 2.35. The Balaban J connectivity index is 2.39. The molecule has 0 amide bonds. The third-order valence-corrected chi connectivity index (χ3v) is 5.74. The van der Waals surface area contributed by atoms with Gasteiger partial charge >= 0.3 is 0 Å². The maximum Gasteiger partial charge on any atom is 0.244 e. The number of sulfonamides is 1. The van der Waals surface area contributed by atoms with Gasteiger partial charge in [0.1, 0.15) is 0 Å². The molecule has 1 saturated heterocycles. The van der Waals surface area contributed by atoms with Gasteiger partial charge in [0.2, 0.25) is 10.0 Å². The first-order valence-corrected chi connectivity index (χ1v) is 8.76. The quantitative estimate of drug-likeness (QED) is 0.865. The molecule has 0 bridgehead atoms. The van der Waals surface area contributed by atoms with Gasteiger partial charge in [0.25, 0.3) is 0 Å². The van der Waals surface area contributed by atoms with E-state index in [1.165, 1.54) is 0 Å². The molecule has 0 spiro atoms. The van der Waals surface area contributed by atoms with E-state index >= 15 is 0 Å². The predicted molar refractivity (Wildman–Crippen MR) is 82.2 cm³/mol. The highest BCUT2D eigenvalue weighted by atomic mass is 32.2. The largest absolute Gasteiger partial charge is 0.395 e. The second-order valence-electron chi connectivity index (χ2n) is 5.09. The van der Waals surface area contributed by atoms with Crippen molar-refractivity contribution in [1.29, 1.82) is 0 Å². The summed E-state index contributed by atoms with van der Waals surface area (Å²) in [5.41, 5.74) is 0.507. The molecular formula is C16H21NO3S. The lowest BCUT2D eigenvalue weighted by Crippen LogP contribution is -2.35. The van der Waals surface area contributed by atoms with Crippen LogP contribution in [0.3, 0.4) is 0 Å². The second kappa shape index (κ2) is 7.08. The second-order valence-corrected chi connectivity index (χ2v) is 6.95. The Kier molecular flexibility index (Phi) is 5.40. The summed E-state index contributed by atoms with van der Waals surface area (Å²) < 4.78 is 27.3. The number of aliphatic hydroxyl groups is 1. The minimum absolute atomic E-state index is 0.0219. The molecule has 2 rings (SSSR count). The smallest absolute Gasteiger partial charge is 0.244 e. The fourth-order valence-electron chi connectivity index (χ4n) is 2.67. The van der Waals surface area contributed by atoms with Crippen LogP contribution < -0.4 is 0 Å². The molecule has 1 aliphatic heterocycles. The summed E-state index contributed by atoms with van der Waals surface area (Å²) in [4.78, 5) is 0.274. The van der Waals surface area contributed by atoms with Crippen LogP contribution in [-0.4, -0.2) is 37.0 Å². The molecule has 1 unspecified atom stereocenters. The van der Waals surface area contributed by atoms with Gasteiger partial charge in [-0.2, -0.15) is 4.31 Å².